The Labute approximate surface area is 109 Å². The summed E-state index contributed by atoms with van der Waals surface area (Å²) in [5.74, 6) is -0.497. The molecule has 4 nitrogen and oxygen atoms in total. The van der Waals surface area contributed by atoms with Gasteiger partial charge in [0, 0.05) is 9.75 Å². The minimum Gasteiger partial charge on any atom is -0.505 e. The number of carbonyl (C=O) groups is 1. The number of phenolic OH excluding ortho intramolecular Hbond substituents is 1. The summed E-state index contributed by atoms with van der Waals surface area (Å²) in [5.41, 5.74) is 5.94. The van der Waals surface area contributed by atoms with Crippen molar-refractivity contribution in [2.24, 2.45) is 0 Å². The third kappa shape index (κ3) is 2.62. The second-order valence-corrected chi connectivity index (χ2v) is 5.31. The Kier molecular flexibility index (Phi) is 3.53. The number of para-hydroxylation sites is 1. The van der Waals surface area contributed by atoms with Gasteiger partial charge in [-0.3, -0.25) is 4.79 Å². The summed E-state index contributed by atoms with van der Waals surface area (Å²) in [6, 6.07) is 8.71. The van der Waals surface area contributed by atoms with E-state index in [-0.39, 0.29) is 22.9 Å². The number of rotatable bonds is 3. The van der Waals surface area contributed by atoms with Crippen molar-refractivity contribution in [1.82, 2.24) is 5.32 Å². The molecule has 0 aliphatic carbocycles. The Morgan fingerprint density at radius 1 is 1.39 bits per heavy atom. The maximum absolute atomic E-state index is 11.9. The van der Waals surface area contributed by atoms with E-state index in [0.29, 0.717) is 6.54 Å². The third-order valence-electron chi connectivity index (χ3n) is 2.53. The molecule has 2 rings (SSSR count). The first-order valence-electron chi connectivity index (χ1n) is 5.49. The van der Waals surface area contributed by atoms with Gasteiger partial charge in [-0.25, -0.2) is 0 Å². The number of hydrogen-bond donors (Lipinski definition) is 3. The predicted octanol–water partition coefficient (Wildman–Crippen LogP) is 2.27. The first kappa shape index (κ1) is 12.4. The summed E-state index contributed by atoms with van der Waals surface area (Å²) >= 11 is 1.63. The van der Waals surface area contributed by atoms with Crippen molar-refractivity contribution in [3.8, 4) is 5.75 Å². The molecule has 1 amide bonds. The van der Waals surface area contributed by atoms with Gasteiger partial charge in [-0.05, 0) is 31.2 Å². The normalized spacial score (nSPS) is 10.3. The molecule has 5 heteroatoms. The average molecular weight is 262 g/mol. The SMILES string of the molecule is Cc1ccc(CNC(=O)c2cccc(N)c2O)s1. The fourth-order valence-corrected chi connectivity index (χ4v) is 2.42. The minimum atomic E-state index is -0.328. The molecular formula is C13H14N2O2S. The molecule has 0 aliphatic heterocycles. The van der Waals surface area contributed by atoms with Crippen LogP contribution in [0.1, 0.15) is 20.1 Å². The summed E-state index contributed by atoms with van der Waals surface area (Å²) < 4.78 is 0. The van der Waals surface area contributed by atoms with Crippen LogP contribution < -0.4 is 11.1 Å². The second kappa shape index (κ2) is 5.10. The summed E-state index contributed by atoms with van der Waals surface area (Å²) in [6.45, 7) is 2.46. The van der Waals surface area contributed by atoms with Gasteiger partial charge in [0.2, 0.25) is 0 Å². The highest BCUT2D eigenvalue weighted by Crippen LogP contribution is 2.24. The highest BCUT2D eigenvalue weighted by atomic mass is 32.1. The molecule has 1 heterocycles. The molecular weight excluding hydrogens is 248 g/mol. The Hall–Kier alpha value is -2.01. The number of nitrogens with one attached hydrogen (secondary N) is 1. The fourth-order valence-electron chi connectivity index (χ4n) is 1.59. The zero-order valence-corrected chi connectivity index (χ0v) is 10.8. The monoisotopic (exact) mass is 262 g/mol. The van der Waals surface area contributed by atoms with Gasteiger partial charge >= 0.3 is 0 Å². The Morgan fingerprint density at radius 2 is 2.17 bits per heavy atom. The molecule has 1 aromatic carbocycles. The molecule has 2 aromatic rings. The van der Waals surface area contributed by atoms with Gasteiger partial charge in [0.05, 0.1) is 17.8 Å². The van der Waals surface area contributed by atoms with Gasteiger partial charge in [0.1, 0.15) is 0 Å². The van der Waals surface area contributed by atoms with Crippen LogP contribution >= 0.6 is 11.3 Å². The summed E-state index contributed by atoms with van der Waals surface area (Å²) in [5, 5.41) is 12.4. The van der Waals surface area contributed by atoms with Gasteiger partial charge in [0.15, 0.2) is 5.75 Å². The Bertz CT molecular complexity index is 578. The molecule has 94 valence electrons. The van der Waals surface area contributed by atoms with Crippen LogP contribution in [0.15, 0.2) is 30.3 Å². The number of nitrogens with two attached hydrogens (primary N) is 1. The highest BCUT2D eigenvalue weighted by molar-refractivity contribution is 7.11. The largest absolute Gasteiger partial charge is 0.505 e. The van der Waals surface area contributed by atoms with Gasteiger partial charge in [0.25, 0.3) is 5.91 Å². The summed E-state index contributed by atoms with van der Waals surface area (Å²) in [7, 11) is 0. The molecule has 0 fully saturated rings. The lowest BCUT2D eigenvalue weighted by Crippen LogP contribution is -2.22. The lowest BCUT2D eigenvalue weighted by molar-refractivity contribution is 0.0948. The first-order chi connectivity index (χ1) is 8.58. The number of hydrogen-bond acceptors (Lipinski definition) is 4. The van der Waals surface area contributed by atoms with Crippen LogP contribution in [-0.4, -0.2) is 11.0 Å². The molecule has 0 unspecified atom stereocenters. The minimum absolute atomic E-state index is 0.169. The van der Waals surface area contributed by atoms with E-state index in [1.807, 2.05) is 19.1 Å². The van der Waals surface area contributed by atoms with Crippen LogP contribution in [-0.2, 0) is 6.54 Å². The number of aromatic hydroxyl groups is 1. The van der Waals surface area contributed by atoms with Crippen LogP contribution in [0, 0.1) is 6.92 Å². The molecule has 0 saturated heterocycles. The first-order valence-corrected chi connectivity index (χ1v) is 6.30. The van der Waals surface area contributed by atoms with Crippen LogP contribution in [0.2, 0.25) is 0 Å². The fraction of sp³-hybridized carbons (Fsp3) is 0.154. The van der Waals surface area contributed by atoms with Crippen molar-refractivity contribution in [3.05, 3.63) is 45.6 Å². The zero-order chi connectivity index (χ0) is 13.1. The van der Waals surface area contributed by atoms with Crippen molar-refractivity contribution in [2.75, 3.05) is 5.73 Å². The maximum atomic E-state index is 11.9. The second-order valence-electron chi connectivity index (χ2n) is 3.94. The van der Waals surface area contributed by atoms with Crippen LogP contribution in [0.25, 0.3) is 0 Å². The molecule has 0 spiro atoms. The van der Waals surface area contributed by atoms with Crippen molar-refractivity contribution < 1.29 is 9.90 Å². The van der Waals surface area contributed by atoms with E-state index in [0.717, 1.165) is 4.88 Å². The smallest absolute Gasteiger partial charge is 0.255 e. The number of anilines is 1. The molecule has 1 aromatic heterocycles. The average Bonchev–Trinajstić information content (AvgIpc) is 2.76. The van der Waals surface area contributed by atoms with Gasteiger partial charge in [-0.2, -0.15) is 0 Å². The standard InChI is InChI=1S/C13H14N2O2S/c1-8-5-6-9(18-8)7-15-13(17)10-3-2-4-11(14)12(10)16/h2-6,16H,7,14H2,1H3,(H,15,17). The number of thiophene rings is 1. The molecule has 0 bridgehead atoms. The van der Waals surface area contributed by atoms with E-state index in [4.69, 9.17) is 5.73 Å². The van der Waals surface area contributed by atoms with E-state index < -0.39 is 0 Å². The quantitative estimate of drug-likeness (QED) is 0.586. The maximum Gasteiger partial charge on any atom is 0.255 e. The molecule has 0 aliphatic rings. The number of aryl methyl sites for hydroxylation is 1. The highest BCUT2D eigenvalue weighted by Gasteiger charge is 2.12. The number of carbonyl (C=O) groups excluding carboxylic acids is 1. The zero-order valence-electron chi connectivity index (χ0n) is 9.93. The predicted molar refractivity (Wildman–Crippen MR) is 72.7 cm³/mol. The van der Waals surface area contributed by atoms with Crippen molar-refractivity contribution in [2.45, 2.75) is 13.5 Å². The molecule has 18 heavy (non-hydrogen) atoms. The summed E-state index contributed by atoms with van der Waals surface area (Å²) in [4.78, 5) is 14.1. The van der Waals surface area contributed by atoms with Crippen LogP contribution in [0.3, 0.4) is 0 Å². The van der Waals surface area contributed by atoms with E-state index in [9.17, 15) is 9.90 Å². The number of nitrogen functional groups attached to an aromatic ring is 1. The summed E-state index contributed by atoms with van der Waals surface area (Å²) in [6.07, 6.45) is 0. The number of benzene rings is 1. The molecule has 4 N–H and O–H groups in total. The van der Waals surface area contributed by atoms with E-state index in [2.05, 4.69) is 5.32 Å². The van der Waals surface area contributed by atoms with E-state index in [1.165, 1.54) is 4.88 Å². The topological polar surface area (TPSA) is 75.4 Å². The molecule has 0 atom stereocenters. The van der Waals surface area contributed by atoms with Crippen molar-refractivity contribution in [3.63, 3.8) is 0 Å². The Morgan fingerprint density at radius 3 is 2.83 bits per heavy atom. The van der Waals surface area contributed by atoms with E-state index >= 15 is 0 Å². The van der Waals surface area contributed by atoms with Gasteiger partial charge < -0.3 is 16.2 Å². The van der Waals surface area contributed by atoms with Crippen molar-refractivity contribution >= 4 is 22.9 Å². The van der Waals surface area contributed by atoms with Gasteiger partial charge in [-0.1, -0.05) is 6.07 Å². The lowest BCUT2D eigenvalue weighted by atomic mass is 10.1. The van der Waals surface area contributed by atoms with E-state index in [1.54, 1.807) is 29.5 Å². The van der Waals surface area contributed by atoms with Crippen LogP contribution in [0.4, 0.5) is 5.69 Å². The van der Waals surface area contributed by atoms with Crippen LogP contribution in [0.5, 0.6) is 5.75 Å². The number of phenols is 1. The Balaban J connectivity index is 2.06. The lowest BCUT2D eigenvalue weighted by Gasteiger charge is -2.07. The molecule has 0 radical (unpaired) electrons. The molecule has 0 saturated carbocycles. The number of amides is 1. The van der Waals surface area contributed by atoms with Crippen molar-refractivity contribution in [1.29, 1.82) is 0 Å². The third-order valence-corrected chi connectivity index (χ3v) is 3.53. The van der Waals surface area contributed by atoms with Gasteiger partial charge in [-0.15, -0.1) is 11.3 Å².